The van der Waals surface area contributed by atoms with Crippen LogP contribution in [0.2, 0.25) is 0 Å². The van der Waals surface area contributed by atoms with Crippen LogP contribution >= 0.6 is 8.17 Å². The molecule has 0 radical (unpaired) electrons. The van der Waals surface area contributed by atoms with Gasteiger partial charge in [0.15, 0.2) is 5.75 Å². The molecule has 0 fully saturated rings. The summed E-state index contributed by atoms with van der Waals surface area (Å²) in [6.45, 7) is 3.60. The third-order valence-electron chi connectivity index (χ3n) is 3.39. The zero-order valence-corrected chi connectivity index (χ0v) is 16.7. The third-order valence-corrected chi connectivity index (χ3v) is 4.30. The molecule has 0 aliphatic rings. The van der Waals surface area contributed by atoms with Crippen molar-refractivity contribution in [3.05, 3.63) is 59.4 Å². The van der Waals surface area contributed by atoms with Crippen LogP contribution in [0.3, 0.4) is 0 Å². The first-order valence-electron chi connectivity index (χ1n) is 8.31. The van der Waals surface area contributed by atoms with E-state index in [4.69, 9.17) is 14.0 Å². The van der Waals surface area contributed by atoms with Crippen LogP contribution in [0.15, 0.2) is 35.1 Å². The van der Waals surface area contributed by atoms with Gasteiger partial charge in [0, 0.05) is 6.92 Å². The van der Waals surface area contributed by atoms with E-state index in [9.17, 15) is 31.6 Å². The Balaban J connectivity index is 2.51. The fourth-order valence-corrected chi connectivity index (χ4v) is 2.82. The lowest BCUT2D eigenvalue weighted by Gasteiger charge is -2.24. The molecule has 6 nitrogen and oxygen atoms in total. The Morgan fingerprint density at radius 1 is 1.00 bits per heavy atom. The van der Waals surface area contributed by atoms with Gasteiger partial charge in [-0.3, -0.25) is 4.52 Å². The van der Waals surface area contributed by atoms with Crippen LogP contribution < -0.4 is 14.2 Å². The number of rotatable bonds is 7. The zero-order chi connectivity index (χ0) is 22.6. The Hall–Kier alpha value is -2.78. The minimum Gasteiger partial charge on any atom is -0.575 e. The lowest BCUT2D eigenvalue weighted by Crippen LogP contribution is -2.42. The summed E-state index contributed by atoms with van der Waals surface area (Å²) in [5.41, 5.74) is -2.77. The van der Waals surface area contributed by atoms with Gasteiger partial charge in [-0.2, -0.15) is 8.78 Å². The molecule has 0 aliphatic heterocycles. The van der Waals surface area contributed by atoms with Crippen LogP contribution in [-0.2, 0) is 9.53 Å². The van der Waals surface area contributed by atoms with Crippen molar-refractivity contribution in [2.75, 3.05) is 0 Å². The highest BCUT2D eigenvalue weighted by Gasteiger charge is 2.45. The summed E-state index contributed by atoms with van der Waals surface area (Å²) in [7, 11) is -3.10. The summed E-state index contributed by atoms with van der Waals surface area (Å²) in [4.78, 5) is 24.6. The van der Waals surface area contributed by atoms with Crippen molar-refractivity contribution in [2.24, 2.45) is 4.74 Å². The molecule has 0 saturated carbocycles. The number of hydrogen-bond acceptors (Lipinski definition) is 6. The van der Waals surface area contributed by atoms with E-state index < -0.39 is 60.8 Å². The van der Waals surface area contributed by atoms with Crippen LogP contribution in [0.5, 0.6) is 11.5 Å². The van der Waals surface area contributed by atoms with Gasteiger partial charge in [0.2, 0.25) is 34.8 Å². The Kier molecular flexibility index (Phi) is 7.33. The molecule has 0 aliphatic carbocycles. The molecule has 162 valence electrons. The van der Waals surface area contributed by atoms with Crippen molar-refractivity contribution in [3.63, 3.8) is 0 Å². The van der Waals surface area contributed by atoms with Crippen molar-refractivity contribution >= 4 is 14.1 Å². The van der Waals surface area contributed by atoms with Crippen LogP contribution in [0.4, 0.5) is 22.0 Å². The van der Waals surface area contributed by atoms with E-state index in [2.05, 4.69) is 4.74 Å². The molecule has 0 spiro atoms. The molecule has 0 heterocycles. The van der Waals surface area contributed by atoms with Gasteiger partial charge >= 0.3 is 19.9 Å². The van der Waals surface area contributed by atoms with E-state index >= 15 is 0 Å². The van der Waals surface area contributed by atoms with Gasteiger partial charge in [0.25, 0.3) is 0 Å². The molecule has 0 N–H and O–H groups in total. The van der Waals surface area contributed by atoms with Crippen molar-refractivity contribution in [2.45, 2.75) is 32.6 Å². The minimum atomic E-state index is -3.10. The van der Waals surface area contributed by atoms with E-state index in [1.165, 1.54) is 38.1 Å². The molecule has 0 saturated heterocycles. The molecular weight excluding hydrogens is 436 g/mol. The molecule has 0 aromatic heterocycles. The Labute approximate surface area is 168 Å². The second-order valence-corrected chi connectivity index (χ2v) is 7.04. The topological polar surface area (TPSA) is 80.2 Å². The SMILES string of the molecule is CC(C)OC(=O)[C@](C)(N=[P+]([O-])Oc1ccccc1)Oc1c(F)c(F)c(F)c(F)c1F. The predicted octanol–water partition coefficient (Wildman–Crippen LogP) is 4.36. The first-order chi connectivity index (χ1) is 14.0. The average molecular weight is 451 g/mol. The van der Waals surface area contributed by atoms with Crippen LogP contribution in [-0.4, -0.2) is 17.8 Å². The van der Waals surface area contributed by atoms with Gasteiger partial charge in [0.1, 0.15) is 0 Å². The smallest absolute Gasteiger partial charge is 0.399 e. The van der Waals surface area contributed by atoms with Crippen LogP contribution in [0.25, 0.3) is 0 Å². The molecular formula is C18H15F5NO5P. The molecule has 0 amide bonds. The van der Waals surface area contributed by atoms with E-state index in [0.29, 0.717) is 0 Å². The number of nitrogens with zero attached hydrogens (tertiary/aromatic N) is 1. The Morgan fingerprint density at radius 2 is 1.50 bits per heavy atom. The lowest BCUT2D eigenvalue weighted by molar-refractivity contribution is -0.175. The predicted molar refractivity (Wildman–Crippen MR) is 92.9 cm³/mol. The van der Waals surface area contributed by atoms with Gasteiger partial charge < -0.3 is 14.4 Å². The summed E-state index contributed by atoms with van der Waals surface area (Å²) >= 11 is 0. The summed E-state index contributed by atoms with van der Waals surface area (Å²) in [6, 6.07) is 7.51. The van der Waals surface area contributed by atoms with E-state index in [0.717, 1.165) is 6.92 Å². The van der Waals surface area contributed by atoms with Gasteiger partial charge in [0.05, 0.1) is 6.10 Å². The molecule has 2 rings (SSSR count). The molecule has 1 unspecified atom stereocenters. The number of carbonyl (C=O) groups excluding carboxylic acids is 1. The largest absolute Gasteiger partial charge is 0.575 e. The maximum atomic E-state index is 14.0. The van der Waals surface area contributed by atoms with Crippen molar-refractivity contribution in [1.82, 2.24) is 0 Å². The number of halogens is 5. The van der Waals surface area contributed by atoms with E-state index in [1.54, 1.807) is 6.07 Å². The maximum Gasteiger partial charge on any atom is 0.399 e. The van der Waals surface area contributed by atoms with E-state index in [-0.39, 0.29) is 5.75 Å². The summed E-state index contributed by atoms with van der Waals surface area (Å²) in [6.07, 6.45) is -0.778. The standard InChI is InChI=1S/C18H15F5NO5P/c1-9(2)27-17(25)18(3,24-30(26)29-10-7-5-4-6-8-10)28-16-14(22)12(20)11(19)13(21)15(16)23/h4-9H,1-3H3/t18-/m1/s1. The third kappa shape index (κ3) is 5.22. The molecule has 12 heteroatoms. The highest BCUT2D eigenvalue weighted by atomic mass is 31.1. The molecule has 30 heavy (non-hydrogen) atoms. The van der Waals surface area contributed by atoms with E-state index in [1.807, 2.05) is 0 Å². The molecule has 0 bridgehead atoms. The highest BCUT2D eigenvalue weighted by molar-refractivity contribution is 7.34. The maximum absolute atomic E-state index is 14.0. The Bertz CT molecular complexity index is 944. The van der Waals surface area contributed by atoms with Crippen molar-refractivity contribution in [3.8, 4) is 11.5 Å². The number of benzene rings is 2. The summed E-state index contributed by atoms with van der Waals surface area (Å²) in [5, 5.41) is 0. The quantitative estimate of drug-likeness (QED) is 0.206. The number of esters is 1. The lowest BCUT2D eigenvalue weighted by atomic mass is 10.2. The first-order valence-corrected chi connectivity index (χ1v) is 9.44. The molecule has 2 atom stereocenters. The number of carbonyl (C=O) groups is 1. The summed E-state index contributed by atoms with van der Waals surface area (Å²) in [5.74, 6) is -14.8. The van der Waals surface area contributed by atoms with Gasteiger partial charge in [-0.25, -0.2) is 18.0 Å². The first kappa shape index (κ1) is 23.5. The Morgan fingerprint density at radius 3 is 2.00 bits per heavy atom. The summed E-state index contributed by atoms with van der Waals surface area (Å²) < 4.78 is 86.2. The van der Waals surface area contributed by atoms with Crippen LogP contribution in [0, 0.1) is 29.1 Å². The second kappa shape index (κ2) is 9.36. The van der Waals surface area contributed by atoms with Crippen molar-refractivity contribution in [1.29, 1.82) is 0 Å². The van der Waals surface area contributed by atoms with Gasteiger partial charge in [-0.1, -0.05) is 18.2 Å². The fraction of sp³-hybridized carbons (Fsp3) is 0.278. The zero-order valence-electron chi connectivity index (χ0n) is 15.8. The minimum absolute atomic E-state index is 0.0678. The number of ether oxygens (including phenoxy) is 2. The number of para-hydroxylation sites is 1. The molecule has 2 aromatic rings. The van der Waals surface area contributed by atoms with Crippen molar-refractivity contribution < 1.29 is 45.6 Å². The van der Waals surface area contributed by atoms with Crippen LogP contribution in [0.1, 0.15) is 20.8 Å². The fourth-order valence-electron chi connectivity index (χ4n) is 2.05. The average Bonchev–Trinajstić information content (AvgIpc) is 2.68. The van der Waals surface area contributed by atoms with Gasteiger partial charge in [-0.05, 0) is 30.7 Å². The molecule has 2 aromatic carbocycles. The highest BCUT2D eigenvalue weighted by Crippen LogP contribution is 2.35. The number of hydrogen-bond donors (Lipinski definition) is 0. The second-order valence-electron chi connectivity index (χ2n) is 6.18. The monoisotopic (exact) mass is 451 g/mol. The van der Waals surface area contributed by atoms with Gasteiger partial charge in [-0.15, -0.1) is 0 Å². The normalized spacial score (nSPS) is 13.7.